The first-order chi connectivity index (χ1) is 9.16. The number of hydrogen-bond acceptors (Lipinski definition) is 4. The van der Waals surface area contributed by atoms with Crippen LogP contribution >= 0.6 is 0 Å². The number of phenols is 1. The molecule has 2 N–H and O–H groups in total. The van der Waals surface area contributed by atoms with Crippen molar-refractivity contribution in [1.29, 1.82) is 0 Å². The molecular formula is C13H13N3O3. The van der Waals surface area contributed by atoms with Crippen LogP contribution in [0.25, 0.3) is 5.69 Å². The standard InChI is InChI=1S/C13H13N3O3/c17-9-6-4-8(5-7-9)16-12-10(13(18)19)2-1-3-11(12)14-15-16/h4-7,10,17H,1-3H2,(H,18,19). The molecule has 0 fully saturated rings. The van der Waals surface area contributed by atoms with Gasteiger partial charge < -0.3 is 10.2 Å². The second-order valence-electron chi connectivity index (χ2n) is 4.63. The number of aliphatic carboxylic acids is 1. The molecule has 0 bridgehead atoms. The summed E-state index contributed by atoms with van der Waals surface area (Å²) in [5, 5.41) is 26.7. The van der Waals surface area contributed by atoms with Gasteiger partial charge in [-0.3, -0.25) is 4.79 Å². The number of phenolic OH excluding ortho intramolecular Hbond substituents is 1. The molecule has 1 aromatic heterocycles. The van der Waals surface area contributed by atoms with Gasteiger partial charge in [0.05, 0.1) is 17.1 Å². The van der Waals surface area contributed by atoms with E-state index in [4.69, 9.17) is 0 Å². The third-order valence-electron chi connectivity index (χ3n) is 3.41. The van der Waals surface area contributed by atoms with E-state index in [1.54, 1.807) is 28.9 Å². The Kier molecular flexibility index (Phi) is 2.70. The zero-order valence-corrected chi connectivity index (χ0v) is 10.2. The first kappa shape index (κ1) is 11.7. The van der Waals surface area contributed by atoms with Gasteiger partial charge in [0.15, 0.2) is 0 Å². The van der Waals surface area contributed by atoms with E-state index < -0.39 is 11.9 Å². The van der Waals surface area contributed by atoms with Crippen molar-refractivity contribution in [2.24, 2.45) is 0 Å². The second kappa shape index (κ2) is 4.38. The van der Waals surface area contributed by atoms with Gasteiger partial charge in [0, 0.05) is 0 Å². The summed E-state index contributed by atoms with van der Waals surface area (Å²) in [4.78, 5) is 11.3. The molecule has 6 nitrogen and oxygen atoms in total. The van der Waals surface area contributed by atoms with Crippen molar-refractivity contribution in [1.82, 2.24) is 15.0 Å². The van der Waals surface area contributed by atoms with Crippen molar-refractivity contribution in [3.8, 4) is 11.4 Å². The van der Waals surface area contributed by atoms with Gasteiger partial charge in [-0.15, -0.1) is 5.10 Å². The Labute approximate surface area is 109 Å². The average molecular weight is 259 g/mol. The molecule has 1 atom stereocenters. The number of carboxylic acid groups (broad SMARTS) is 1. The minimum atomic E-state index is -0.844. The molecule has 1 unspecified atom stereocenters. The van der Waals surface area contributed by atoms with Crippen molar-refractivity contribution < 1.29 is 15.0 Å². The number of aryl methyl sites for hydroxylation is 1. The van der Waals surface area contributed by atoms with Gasteiger partial charge in [-0.1, -0.05) is 5.21 Å². The zero-order chi connectivity index (χ0) is 13.4. The van der Waals surface area contributed by atoms with E-state index in [-0.39, 0.29) is 5.75 Å². The number of rotatable bonds is 2. The number of benzene rings is 1. The maximum absolute atomic E-state index is 11.3. The lowest BCUT2D eigenvalue weighted by molar-refractivity contribution is -0.139. The van der Waals surface area contributed by atoms with Gasteiger partial charge >= 0.3 is 5.97 Å². The Morgan fingerprint density at radius 3 is 2.74 bits per heavy atom. The van der Waals surface area contributed by atoms with E-state index >= 15 is 0 Å². The summed E-state index contributed by atoms with van der Waals surface area (Å²) in [6.45, 7) is 0. The molecule has 0 amide bonds. The van der Waals surface area contributed by atoms with Gasteiger partial charge in [0.1, 0.15) is 11.7 Å². The monoisotopic (exact) mass is 259 g/mol. The fraction of sp³-hybridized carbons (Fsp3) is 0.308. The molecule has 3 rings (SSSR count). The van der Waals surface area contributed by atoms with Gasteiger partial charge in [-0.25, -0.2) is 4.68 Å². The lowest BCUT2D eigenvalue weighted by atomic mass is 9.89. The molecule has 6 heteroatoms. The van der Waals surface area contributed by atoms with Crippen LogP contribution in [0, 0.1) is 0 Å². The predicted molar refractivity (Wildman–Crippen MR) is 66.3 cm³/mol. The first-order valence-corrected chi connectivity index (χ1v) is 6.13. The Hall–Kier alpha value is -2.37. The number of carbonyl (C=O) groups is 1. The normalized spacial score (nSPS) is 18.0. The van der Waals surface area contributed by atoms with E-state index in [1.807, 2.05) is 0 Å². The lowest BCUT2D eigenvalue weighted by Crippen LogP contribution is -2.21. The number of aromatic hydroxyl groups is 1. The first-order valence-electron chi connectivity index (χ1n) is 6.13. The molecule has 0 saturated carbocycles. The summed E-state index contributed by atoms with van der Waals surface area (Å²) in [5.41, 5.74) is 2.12. The molecule has 1 aliphatic rings. The second-order valence-corrected chi connectivity index (χ2v) is 4.63. The topological polar surface area (TPSA) is 88.2 Å². The van der Waals surface area contributed by atoms with Gasteiger partial charge in [0.2, 0.25) is 0 Å². The van der Waals surface area contributed by atoms with Crippen LogP contribution < -0.4 is 0 Å². The smallest absolute Gasteiger partial charge is 0.312 e. The number of fused-ring (bicyclic) bond motifs is 1. The minimum Gasteiger partial charge on any atom is -0.508 e. The lowest BCUT2D eigenvalue weighted by Gasteiger charge is -2.19. The Morgan fingerprint density at radius 1 is 1.32 bits per heavy atom. The van der Waals surface area contributed by atoms with Crippen LogP contribution in [-0.2, 0) is 11.2 Å². The van der Waals surface area contributed by atoms with Gasteiger partial charge in [-0.05, 0) is 43.5 Å². The summed E-state index contributed by atoms with van der Waals surface area (Å²) < 4.78 is 1.56. The fourth-order valence-corrected chi connectivity index (χ4v) is 2.48. The molecule has 0 radical (unpaired) electrons. The van der Waals surface area contributed by atoms with Crippen LogP contribution in [0.4, 0.5) is 0 Å². The Balaban J connectivity index is 2.11. The van der Waals surface area contributed by atoms with E-state index in [9.17, 15) is 15.0 Å². The summed E-state index contributed by atoms with van der Waals surface area (Å²) in [6.07, 6.45) is 2.18. The molecule has 1 aromatic carbocycles. The van der Waals surface area contributed by atoms with Crippen LogP contribution in [0.1, 0.15) is 30.1 Å². The fourth-order valence-electron chi connectivity index (χ4n) is 2.48. The third kappa shape index (κ3) is 1.95. The summed E-state index contributed by atoms with van der Waals surface area (Å²) >= 11 is 0. The van der Waals surface area contributed by atoms with E-state index in [0.717, 1.165) is 18.5 Å². The van der Waals surface area contributed by atoms with Gasteiger partial charge in [-0.2, -0.15) is 0 Å². The number of nitrogens with zero attached hydrogens (tertiary/aromatic N) is 3. The molecule has 0 spiro atoms. The molecule has 2 aromatic rings. The zero-order valence-electron chi connectivity index (χ0n) is 10.2. The third-order valence-corrected chi connectivity index (χ3v) is 3.41. The SMILES string of the molecule is O=C(O)C1CCCc2nnn(-c3ccc(O)cc3)c21. The van der Waals surface area contributed by atoms with Crippen LogP contribution in [-0.4, -0.2) is 31.2 Å². The Bertz CT molecular complexity index is 619. The Morgan fingerprint density at radius 2 is 2.05 bits per heavy atom. The minimum absolute atomic E-state index is 0.160. The van der Waals surface area contributed by atoms with Crippen molar-refractivity contribution in [2.75, 3.05) is 0 Å². The summed E-state index contributed by atoms with van der Waals surface area (Å²) in [5.74, 6) is -1.25. The largest absolute Gasteiger partial charge is 0.508 e. The van der Waals surface area contributed by atoms with Crippen molar-refractivity contribution in [3.05, 3.63) is 35.7 Å². The maximum atomic E-state index is 11.3. The highest BCUT2D eigenvalue weighted by molar-refractivity contribution is 5.76. The van der Waals surface area contributed by atoms with Crippen LogP contribution in [0.5, 0.6) is 5.75 Å². The molecule has 1 heterocycles. The highest BCUT2D eigenvalue weighted by atomic mass is 16.4. The summed E-state index contributed by atoms with van der Waals surface area (Å²) in [7, 11) is 0. The molecule has 1 aliphatic carbocycles. The van der Waals surface area contributed by atoms with E-state index in [1.165, 1.54) is 0 Å². The van der Waals surface area contributed by atoms with Gasteiger partial charge in [0.25, 0.3) is 0 Å². The molecule has 0 saturated heterocycles. The number of carboxylic acids is 1. The quantitative estimate of drug-likeness (QED) is 0.852. The van der Waals surface area contributed by atoms with Crippen LogP contribution in [0.3, 0.4) is 0 Å². The van der Waals surface area contributed by atoms with Crippen molar-refractivity contribution in [2.45, 2.75) is 25.2 Å². The molecular weight excluding hydrogens is 246 g/mol. The highest BCUT2D eigenvalue weighted by Gasteiger charge is 2.31. The van der Waals surface area contributed by atoms with Crippen LogP contribution in [0.15, 0.2) is 24.3 Å². The van der Waals surface area contributed by atoms with E-state index in [2.05, 4.69) is 10.3 Å². The average Bonchev–Trinajstić information content (AvgIpc) is 2.83. The van der Waals surface area contributed by atoms with Crippen LogP contribution in [0.2, 0.25) is 0 Å². The number of aromatic nitrogens is 3. The highest BCUT2D eigenvalue weighted by Crippen LogP contribution is 2.32. The maximum Gasteiger partial charge on any atom is 0.312 e. The predicted octanol–water partition coefficient (Wildman–Crippen LogP) is 1.48. The number of hydrogen-bond donors (Lipinski definition) is 2. The summed E-state index contributed by atoms with van der Waals surface area (Å²) in [6, 6.07) is 6.47. The molecule has 19 heavy (non-hydrogen) atoms. The van der Waals surface area contributed by atoms with Crippen molar-refractivity contribution >= 4 is 5.97 Å². The molecule has 0 aliphatic heterocycles. The van der Waals surface area contributed by atoms with Crippen molar-refractivity contribution in [3.63, 3.8) is 0 Å². The molecule has 98 valence electrons. The van der Waals surface area contributed by atoms with E-state index in [0.29, 0.717) is 17.8 Å².